The van der Waals surface area contributed by atoms with E-state index in [1.54, 1.807) is 19.9 Å². The average Bonchev–Trinajstić information content (AvgIpc) is 2.75. The molecule has 0 amide bonds. The van der Waals surface area contributed by atoms with Gasteiger partial charge in [-0.2, -0.15) is 0 Å². The van der Waals surface area contributed by atoms with Gasteiger partial charge in [0.15, 0.2) is 0 Å². The van der Waals surface area contributed by atoms with Crippen LogP contribution in [-0.2, 0) is 14.3 Å². The predicted molar refractivity (Wildman–Crippen MR) is 129 cm³/mol. The van der Waals surface area contributed by atoms with E-state index < -0.39 is 5.97 Å². The van der Waals surface area contributed by atoms with Crippen LogP contribution in [0.2, 0.25) is 0 Å². The number of aliphatic carboxylic acids is 1. The number of rotatable bonds is 19. The Morgan fingerprint density at radius 3 is 1.84 bits per heavy atom. The van der Waals surface area contributed by atoms with Gasteiger partial charge in [0.1, 0.15) is 6.61 Å². The van der Waals surface area contributed by atoms with E-state index in [0.29, 0.717) is 5.57 Å². The second kappa shape index (κ2) is 19.1. The summed E-state index contributed by atoms with van der Waals surface area (Å²) in [4.78, 5) is 25.6. The Labute approximate surface area is 190 Å². The van der Waals surface area contributed by atoms with Crippen molar-refractivity contribution in [2.24, 2.45) is 0 Å². The SMILES string of the molecule is CCCCCCCCCCCCC=C(C)C(=O)OCC(C=C(C)C(=O)O)N(CC)CC. The first-order chi connectivity index (χ1) is 14.9. The number of hydrogen-bond donors (Lipinski definition) is 1. The molecule has 0 aliphatic carbocycles. The fourth-order valence-electron chi connectivity index (χ4n) is 3.62. The van der Waals surface area contributed by atoms with E-state index in [4.69, 9.17) is 9.84 Å². The lowest BCUT2D eigenvalue weighted by molar-refractivity contribution is -0.140. The number of carbonyl (C=O) groups excluding carboxylic acids is 1. The van der Waals surface area contributed by atoms with Gasteiger partial charge in [0.25, 0.3) is 0 Å². The number of unbranched alkanes of at least 4 members (excludes halogenated alkanes) is 10. The maximum Gasteiger partial charge on any atom is 0.333 e. The van der Waals surface area contributed by atoms with Crippen LogP contribution >= 0.6 is 0 Å². The Balaban J connectivity index is 4.25. The van der Waals surface area contributed by atoms with Gasteiger partial charge in [0.05, 0.1) is 6.04 Å². The Kier molecular flexibility index (Phi) is 18.1. The maximum atomic E-state index is 12.3. The molecule has 0 rings (SSSR count). The third-order valence-electron chi connectivity index (χ3n) is 5.78. The van der Waals surface area contributed by atoms with Gasteiger partial charge >= 0.3 is 11.9 Å². The van der Waals surface area contributed by atoms with Gasteiger partial charge in [-0.3, -0.25) is 4.90 Å². The van der Waals surface area contributed by atoms with Crippen molar-refractivity contribution in [2.45, 2.75) is 111 Å². The van der Waals surface area contributed by atoms with Crippen molar-refractivity contribution >= 4 is 11.9 Å². The lowest BCUT2D eigenvalue weighted by Crippen LogP contribution is -2.38. The highest BCUT2D eigenvalue weighted by Gasteiger charge is 2.18. The van der Waals surface area contributed by atoms with Crippen LogP contribution in [0.4, 0.5) is 0 Å². The molecule has 5 heteroatoms. The van der Waals surface area contributed by atoms with Crippen LogP contribution in [0.15, 0.2) is 23.3 Å². The van der Waals surface area contributed by atoms with Crippen molar-refractivity contribution in [3.8, 4) is 0 Å². The molecular formula is C26H47NO4. The van der Waals surface area contributed by atoms with Crippen molar-refractivity contribution < 1.29 is 19.4 Å². The van der Waals surface area contributed by atoms with Gasteiger partial charge in [-0.15, -0.1) is 0 Å². The first kappa shape index (κ1) is 29.4. The molecular weight excluding hydrogens is 390 g/mol. The molecule has 0 saturated carbocycles. The number of carbonyl (C=O) groups is 2. The van der Waals surface area contributed by atoms with Crippen molar-refractivity contribution in [2.75, 3.05) is 19.7 Å². The third-order valence-corrected chi connectivity index (χ3v) is 5.78. The Morgan fingerprint density at radius 1 is 0.839 bits per heavy atom. The molecule has 0 aromatic rings. The molecule has 0 saturated heterocycles. The van der Waals surface area contributed by atoms with E-state index in [9.17, 15) is 9.59 Å². The van der Waals surface area contributed by atoms with E-state index in [1.807, 2.05) is 19.9 Å². The first-order valence-corrected chi connectivity index (χ1v) is 12.4. The van der Waals surface area contributed by atoms with E-state index in [-0.39, 0.29) is 24.2 Å². The second-order valence-corrected chi connectivity index (χ2v) is 8.40. The summed E-state index contributed by atoms with van der Waals surface area (Å²) < 4.78 is 5.50. The number of nitrogens with zero attached hydrogens (tertiary/aromatic N) is 1. The highest BCUT2D eigenvalue weighted by Crippen LogP contribution is 2.13. The molecule has 0 aliphatic heterocycles. The van der Waals surface area contributed by atoms with Crippen LogP contribution in [-0.4, -0.2) is 47.7 Å². The van der Waals surface area contributed by atoms with Crippen molar-refractivity contribution in [3.05, 3.63) is 23.3 Å². The summed E-state index contributed by atoms with van der Waals surface area (Å²) in [6.07, 6.45) is 17.5. The molecule has 0 fully saturated rings. The van der Waals surface area contributed by atoms with Crippen LogP contribution in [0, 0.1) is 0 Å². The minimum absolute atomic E-state index is 0.161. The molecule has 0 aromatic carbocycles. The summed E-state index contributed by atoms with van der Waals surface area (Å²) in [5, 5.41) is 9.15. The molecule has 1 unspecified atom stereocenters. The highest BCUT2D eigenvalue weighted by atomic mass is 16.5. The number of carboxylic acid groups (broad SMARTS) is 1. The van der Waals surface area contributed by atoms with Crippen LogP contribution in [0.3, 0.4) is 0 Å². The normalized spacial score (nSPS) is 13.5. The molecule has 0 heterocycles. The van der Waals surface area contributed by atoms with Crippen LogP contribution < -0.4 is 0 Å². The van der Waals surface area contributed by atoms with Crippen molar-refractivity contribution in [1.29, 1.82) is 0 Å². The van der Waals surface area contributed by atoms with E-state index >= 15 is 0 Å². The van der Waals surface area contributed by atoms with Crippen molar-refractivity contribution in [1.82, 2.24) is 4.90 Å². The van der Waals surface area contributed by atoms with Crippen LogP contribution in [0.5, 0.6) is 0 Å². The topological polar surface area (TPSA) is 66.8 Å². The zero-order valence-electron chi connectivity index (χ0n) is 20.8. The molecule has 0 aromatic heterocycles. The summed E-state index contributed by atoms with van der Waals surface area (Å²) in [5.74, 6) is -1.26. The van der Waals surface area contributed by atoms with Gasteiger partial charge in [-0.1, -0.05) is 90.7 Å². The summed E-state index contributed by atoms with van der Waals surface area (Å²) in [6.45, 7) is 11.3. The van der Waals surface area contributed by atoms with Gasteiger partial charge < -0.3 is 9.84 Å². The Hall–Kier alpha value is -1.62. The molecule has 0 radical (unpaired) electrons. The number of ether oxygens (including phenoxy) is 1. The minimum Gasteiger partial charge on any atom is -0.478 e. The summed E-state index contributed by atoms with van der Waals surface area (Å²) in [5.41, 5.74) is 0.898. The zero-order chi connectivity index (χ0) is 23.5. The minimum atomic E-state index is -0.948. The summed E-state index contributed by atoms with van der Waals surface area (Å²) in [7, 11) is 0. The number of hydrogen-bond acceptors (Lipinski definition) is 4. The largest absolute Gasteiger partial charge is 0.478 e. The number of allylic oxidation sites excluding steroid dienone is 1. The molecule has 1 atom stereocenters. The maximum absolute atomic E-state index is 12.3. The van der Waals surface area contributed by atoms with Crippen LogP contribution in [0.25, 0.3) is 0 Å². The first-order valence-electron chi connectivity index (χ1n) is 12.4. The zero-order valence-corrected chi connectivity index (χ0v) is 20.8. The molecule has 5 nitrogen and oxygen atoms in total. The summed E-state index contributed by atoms with van der Waals surface area (Å²) in [6, 6.07) is -0.232. The predicted octanol–water partition coefficient (Wildman–Crippen LogP) is 6.53. The van der Waals surface area contributed by atoms with Crippen molar-refractivity contribution in [3.63, 3.8) is 0 Å². The molecule has 180 valence electrons. The van der Waals surface area contributed by atoms with E-state index in [1.165, 1.54) is 57.8 Å². The third kappa shape index (κ3) is 14.9. The number of esters is 1. The fourth-order valence-corrected chi connectivity index (χ4v) is 3.62. The standard InChI is InChI=1S/C26H47NO4/c1-6-9-10-11-12-13-14-15-16-17-18-19-22(4)26(30)31-21-24(27(7-2)8-3)20-23(5)25(28)29/h19-20,24H,6-18,21H2,1-5H3,(H,28,29). The lowest BCUT2D eigenvalue weighted by atomic mass is 10.1. The molecule has 0 spiro atoms. The van der Waals surface area contributed by atoms with Gasteiger partial charge in [0.2, 0.25) is 0 Å². The fraction of sp³-hybridized carbons (Fsp3) is 0.769. The lowest BCUT2D eigenvalue weighted by Gasteiger charge is -2.27. The summed E-state index contributed by atoms with van der Waals surface area (Å²) >= 11 is 0. The quantitative estimate of drug-likeness (QED) is 0.141. The molecule has 1 N–H and O–H groups in total. The second-order valence-electron chi connectivity index (χ2n) is 8.40. The number of likely N-dealkylation sites (N-methyl/N-ethyl adjacent to an activating group) is 1. The van der Waals surface area contributed by atoms with Gasteiger partial charge in [0, 0.05) is 11.1 Å². The van der Waals surface area contributed by atoms with Gasteiger partial charge in [-0.05, 0) is 39.8 Å². The van der Waals surface area contributed by atoms with Gasteiger partial charge in [-0.25, -0.2) is 9.59 Å². The van der Waals surface area contributed by atoms with E-state index in [0.717, 1.165) is 25.9 Å². The Morgan fingerprint density at radius 2 is 1.35 bits per heavy atom. The monoisotopic (exact) mass is 437 g/mol. The molecule has 0 aliphatic rings. The molecule has 0 bridgehead atoms. The average molecular weight is 438 g/mol. The smallest absolute Gasteiger partial charge is 0.333 e. The highest BCUT2D eigenvalue weighted by molar-refractivity contribution is 5.88. The number of carboxylic acids is 1. The van der Waals surface area contributed by atoms with Crippen LogP contribution in [0.1, 0.15) is 105 Å². The molecule has 31 heavy (non-hydrogen) atoms. The Bertz CT molecular complexity index is 550. The van der Waals surface area contributed by atoms with E-state index in [2.05, 4.69) is 11.8 Å².